The summed E-state index contributed by atoms with van der Waals surface area (Å²) < 4.78 is 40.6. The minimum Gasteiger partial charge on any atom is -0.335 e. The van der Waals surface area contributed by atoms with Crippen molar-refractivity contribution in [3.05, 3.63) is 11.9 Å². The quantitative estimate of drug-likeness (QED) is 0.833. The van der Waals surface area contributed by atoms with Crippen molar-refractivity contribution in [2.75, 3.05) is 5.32 Å². The molecule has 0 aromatic carbocycles. The van der Waals surface area contributed by atoms with Crippen LogP contribution in [0.3, 0.4) is 0 Å². The van der Waals surface area contributed by atoms with Gasteiger partial charge in [-0.25, -0.2) is 4.79 Å². The maximum Gasteiger partial charge on any atom is 0.435 e. The number of rotatable bonds is 3. The Balaban J connectivity index is 1.70. The second kappa shape index (κ2) is 6.88. The van der Waals surface area contributed by atoms with E-state index in [4.69, 9.17) is 0 Å². The predicted molar refractivity (Wildman–Crippen MR) is 88.2 cm³/mol. The van der Waals surface area contributed by atoms with E-state index in [1.54, 1.807) is 6.92 Å². The first-order chi connectivity index (χ1) is 11.9. The van der Waals surface area contributed by atoms with E-state index in [2.05, 4.69) is 15.7 Å². The number of anilines is 1. The monoisotopic (exact) mass is 358 g/mol. The second-order valence-electron chi connectivity index (χ2n) is 7.19. The van der Waals surface area contributed by atoms with Gasteiger partial charge in [0.05, 0.1) is 11.9 Å². The van der Waals surface area contributed by atoms with Gasteiger partial charge in [0.1, 0.15) is 0 Å². The summed E-state index contributed by atoms with van der Waals surface area (Å²) in [6, 6.07) is -0.527. The van der Waals surface area contributed by atoms with Crippen molar-refractivity contribution in [3.8, 4) is 0 Å². The SMILES string of the molecule is CCn1ncc(NC(=O)NC2CCCC23CCCCC3)c1C(F)(F)F. The number of nitrogens with one attached hydrogen (secondary N) is 2. The Morgan fingerprint density at radius 3 is 2.60 bits per heavy atom. The van der Waals surface area contributed by atoms with E-state index in [0.29, 0.717) is 0 Å². The first-order valence-electron chi connectivity index (χ1n) is 9.06. The van der Waals surface area contributed by atoms with E-state index in [1.165, 1.54) is 19.3 Å². The van der Waals surface area contributed by atoms with E-state index in [0.717, 1.165) is 43.0 Å². The van der Waals surface area contributed by atoms with Gasteiger partial charge < -0.3 is 10.6 Å². The molecule has 1 aromatic heterocycles. The Morgan fingerprint density at radius 2 is 1.96 bits per heavy atom. The fourth-order valence-electron chi connectivity index (χ4n) is 4.55. The number of hydrogen-bond donors (Lipinski definition) is 2. The predicted octanol–water partition coefficient (Wildman–Crippen LogP) is 4.55. The Bertz CT molecular complexity index is 620. The molecule has 140 valence electrons. The van der Waals surface area contributed by atoms with Crippen molar-refractivity contribution in [1.29, 1.82) is 0 Å². The molecule has 0 radical (unpaired) electrons. The average Bonchev–Trinajstić information content (AvgIpc) is 3.12. The number of amides is 2. The van der Waals surface area contributed by atoms with Crippen molar-refractivity contribution in [3.63, 3.8) is 0 Å². The van der Waals surface area contributed by atoms with E-state index < -0.39 is 17.9 Å². The summed E-state index contributed by atoms with van der Waals surface area (Å²) in [5.74, 6) is 0. The molecule has 1 aromatic rings. The summed E-state index contributed by atoms with van der Waals surface area (Å²) in [5.41, 5.74) is -1.07. The van der Waals surface area contributed by atoms with Crippen molar-refractivity contribution < 1.29 is 18.0 Å². The van der Waals surface area contributed by atoms with Crippen molar-refractivity contribution >= 4 is 11.7 Å². The standard InChI is InChI=1S/C17H25F3N4O/c1-2-24-14(17(18,19)20)12(11-21-24)22-15(25)23-13-7-6-10-16(13)8-4-3-5-9-16/h11,13H,2-10H2,1H3,(H2,22,23,25). The molecule has 2 aliphatic rings. The molecule has 0 aliphatic heterocycles. The zero-order chi connectivity index (χ0) is 18.1. The third kappa shape index (κ3) is 3.62. The summed E-state index contributed by atoms with van der Waals surface area (Å²) in [6.45, 7) is 1.67. The van der Waals surface area contributed by atoms with Gasteiger partial charge in [-0.1, -0.05) is 25.7 Å². The molecule has 2 saturated carbocycles. The van der Waals surface area contributed by atoms with E-state index in [9.17, 15) is 18.0 Å². The second-order valence-corrected chi connectivity index (χ2v) is 7.19. The molecule has 1 spiro atoms. The molecule has 2 aliphatic carbocycles. The zero-order valence-corrected chi connectivity index (χ0v) is 14.5. The van der Waals surface area contributed by atoms with Crippen molar-refractivity contribution in [2.24, 2.45) is 5.41 Å². The van der Waals surface area contributed by atoms with Crippen LogP contribution in [0, 0.1) is 5.41 Å². The Hall–Kier alpha value is -1.73. The van der Waals surface area contributed by atoms with Gasteiger partial charge in [-0.2, -0.15) is 18.3 Å². The van der Waals surface area contributed by atoms with Crippen LogP contribution in [0.2, 0.25) is 0 Å². The summed E-state index contributed by atoms with van der Waals surface area (Å²) >= 11 is 0. The first kappa shape index (κ1) is 18.1. The van der Waals surface area contributed by atoms with Crippen LogP contribution in [-0.4, -0.2) is 21.9 Å². The molecule has 2 amide bonds. The van der Waals surface area contributed by atoms with E-state index in [1.807, 2.05) is 0 Å². The summed E-state index contributed by atoms with van der Waals surface area (Å²) in [5, 5.41) is 9.03. The average molecular weight is 358 g/mol. The Labute approximate surface area is 145 Å². The minimum absolute atomic E-state index is 0.0448. The molecule has 1 unspecified atom stereocenters. The van der Waals surface area contributed by atoms with E-state index >= 15 is 0 Å². The van der Waals surface area contributed by atoms with Crippen LogP contribution in [0.5, 0.6) is 0 Å². The molecule has 1 atom stereocenters. The summed E-state index contributed by atoms with van der Waals surface area (Å²) in [7, 11) is 0. The highest BCUT2D eigenvalue weighted by Crippen LogP contribution is 2.49. The lowest BCUT2D eigenvalue weighted by molar-refractivity contribution is -0.143. The van der Waals surface area contributed by atoms with Crippen LogP contribution < -0.4 is 10.6 Å². The van der Waals surface area contributed by atoms with Gasteiger partial charge in [0.2, 0.25) is 0 Å². The van der Waals surface area contributed by atoms with Crippen LogP contribution in [0.4, 0.5) is 23.7 Å². The smallest absolute Gasteiger partial charge is 0.335 e. The van der Waals surface area contributed by atoms with Gasteiger partial charge in [-0.05, 0) is 38.0 Å². The number of nitrogens with zero attached hydrogens (tertiary/aromatic N) is 2. The third-order valence-corrected chi connectivity index (χ3v) is 5.72. The van der Waals surface area contributed by atoms with Crippen LogP contribution in [-0.2, 0) is 12.7 Å². The zero-order valence-electron chi connectivity index (χ0n) is 14.5. The highest BCUT2D eigenvalue weighted by atomic mass is 19.4. The molecule has 1 heterocycles. The number of hydrogen-bond acceptors (Lipinski definition) is 2. The van der Waals surface area contributed by atoms with Crippen molar-refractivity contribution in [2.45, 2.75) is 77.1 Å². The fourth-order valence-corrected chi connectivity index (χ4v) is 4.55. The van der Waals surface area contributed by atoms with Crippen LogP contribution >= 0.6 is 0 Å². The molecule has 2 fully saturated rings. The van der Waals surface area contributed by atoms with Crippen LogP contribution in [0.25, 0.3) is 0 Å². The highest BCUT2D eigenvalue weighted by Gasteiger charge is 2.44. The molecule has 0 bridgehead atoms. The van der Waals surface area contributed by atoms with Gasteiger partial charge >= 0.3 is 12.2 Å². The maximum absolute atomic E-state index is 13.2. The number of alkyl halides is 3. The molecule has 5 nitrogen and oxygen atoms in total. The number of urea groups is 1. The normalized spacial score (nSPS) is 23.0. The fraction of sp³-hybridized carbons (Fsp3) is 0.765. The molecule has 3 rings (SSSR count). The summed E-state index contributed by atoms with van der Waals surface area (Å²) in [4.78, 5) is 12.3. The lowest BCUT2D eigenvalue weighted by Gasteiger charge is -2.39. The van der Waals surface area contributed by atoms with Gasteiger partial charge in [-0.15, -0.1) is 0 Å². The molecular weight excluding hydrogens is 333 g/mol. The first-order valence-corrected chi connectivity index (χ1v) is 9.06. The molecule has 2 N–H and O–H groups in total. The molecule has 25 heavy (non-hydrogen) atoms. The highest BCUT2D eigenvalue weighted by molar-refractivity contribution is 5.90. The van der Waals surface area contributed by atoms with Gasteiger partial charge in [0.25, 0.3) is 0 Å². The number of carbonyl (C=O) groups excluding carboxylic acids is 1. The van der Waals surface area contributed by atoms with Crippen LogP contribution in [0.1, 0.15) is 64.0 Å². The topological polar surface area (TPSA) is 59.0 Å². The molecule has 8 heteroatoms. The number of halogens is 3. The Morgan fingerprint density at radius 1 is 1.28 bits per heavy atom. The van der Waals surface area contributed by atoms with Gasteiger partial charge in [0, 0.05) is 12.6 Å². The lowest BCUT2D eigenvalue weighted by atomic mass is 9.70. The third-order valence-electron chi connectivity index (χ3n) is 5.72. The van der Waals surface area contributed by atoms with Crippen molar-refractivity contribution in [1.82, 2.24) is 15.1 Å². The number of aryl methyl sites for hydroxylation is 1. The largest absolute Gasteiger partial charge is 0.435 e. The number of carbonyl (C=O) groups is 1. The molecule has 0 saturated heterocycles. The number of aromatic nitrogens is 2. The maximum atomic E-state index is 13.2. The van der Waals surface area contributed by atoms with Gasteiger partial charge in [0.15, 0.2) is 5.69 Å². The minimum atomic E-state index is -4.56. The van der Waals surface area contributed by atoms with Gasteiger partial charge in [-0.3, -0.25) is 4.68 Å². The Kier molecular flexibility index (Phi) is 4.97. The lowest BCUT2D eigenvalue weighted by Crippen LogP contribution is -2.47. The molecular formula is C17H25F3N4O. The summed E-state index contributed by atoms with van der Waals surface area (Å²) in [6.07, 6.45) is 5.32. The van der Waals surface area contributed by atoms with E-state index in [-0.39, 0.29) is 23.7 Å². The van der Waals surface area contributed by atoms with Crippen LogP contribution in [0.15, 0.2) is 6.20 Å².